The molecule has 7 heteroatoms. The third-order valence-corrected chi connectivity index (χ3v) is 3.26. The lowest BCUT2D eigenvalue weighted by Gasteiger charge is -2.18. The summed E-state index contributed by atoms with van der Waals surface area (Å²) in [6, 6.07) is 0. The maximum absolute atomic E-state index is 12.4. The summed E-state index contributed by atoms with van der Waals surface area (Å²) >= 11 is 0.354. The number of carbonyl (C=O) groups excluding carboxylic acids is 1. The molecular formula is C11H14F3NO2S. The van der Waals surface area contributed by atoms with E-state index < -0.39 is 23.1 Å². The largest absolute Gasteiger partial charge is 0.443 e. The van der Waals surface area contributed by atoms with Crippen LogP contribution in [0.4, 0.5) is 13.2 Å². The molecule has 0 aliphatic heterocycles. The standard InChI is InChI=1S/C11H14F3NO2S/c1-4-17-9(6(2)3)8(16)7-5-15-10(18-7)11(12,13)14/h5-6,9H,4H2,1-3H3. The monoisotopic (exact) mass is 281 g/mol. The first kappa shape index (κ1) is 15.1. The molecule has 1 heterocycles. The van der Waals surface area contributed by atoms with Crippen LogP contribution in [0.15, 0.2) is 6.20 Å². The Morgan fingerprint density at radius 2 is 2.11 bits per heavy atom. The van der Waals surface area contributed by atoms with Crippen LogP contribution in [-0.4, -0.2) is 23.5 Å². The lowest BCUT2D eigenvalue weighted by Crippen LogP contribution is -2.29. The fourth-order valence-corrected chi connectivity index (χ4v) is 2.16. The molecule has 0 N–H and O–H groups in total. The molecule has 0 aromatic carbocycles. The number of Topliss-reactive ketones (excluding diaryl/α,β-unsaturated/α-hetero) is 1. The zero-order valence-electron chi connectivity index (χ0n) is 10.2. The van der Waals surface area contributed by atoms with E-state index in [0.717, 1.165) is 6.20 Å². The predicted octanol–water partition coefficient (Wildman–Crippen LogP) is 3.41. The van der Waals surface area contributed by atoms with E-state index in [-0.39, 0.29) is 10.8 Å². The number of thiazole rings is 1. The van der Waals surface area contributed by atoms with E-state index in [1.807, 2.05) is 0 Å². The lowest BCUT2D eigenvalue weighted by molar-refractivity contribution is -0.137. The number of ketones is 1. The van der Waals surface area contributed by atoms with Crippen LogP contribution >= 0.6 is 11.3 Å². The number of halogens is 3. The van der Waals surface area contributed by atoms with Crippen molar-refractivity contribution in [1.82, 2.24) is 4.98 Å². The molecule has 18 heavy (non-hydrogen) atoms. The molecule has 3 nitrogen and oxygen atoms in total. The first-order valence-electron chi connectivity index (χ1n) is 5.46. The molecule has 0 bridgehead atoms. The van der Waals surface area contributed by atoms with E-state index in [1.165, 1.54) is 0 Å². The van der Waals surface area contributed by atoms with Crippen molar-refractivity contribution in [3.05, 3.63) is 16.1 Å². The molecule has 1 aromatic rings. The van der Waals surface area contributed by atoms with Gasteiger partial charge in [-0.15, -0.1) is 11.3 Å². The van der Waals surface area contributed by atoms with Crippen molar-refractivity contribution in [3.8, 4) is 0 Å². The molecule has 0 amide bonds. The zero-order valence-corrected chi connectivity index (χ0v) is 11.1. The molecule has 0 fully saturated rings. The van der Waals surface area contributed by atoms with E-state index in [4.69, 9.17) is 4.74 Å². The van der Waals surface area contributed by atoms with Gasteiger partial charge in [-0.1, -0.05) is 13.8 Å². The lowest BCUT2D eigenvalue weighted by atomic mass is 10.0. The highest BCUT2D eigenvalue weighted by atomic mass is 32.1. The number of nitrogens with zero attached hydrogens (tertiary/aromatic N) is 1. The minimum absolute atomic E-state index is 0.0190. The number of alkyl halides is 3. The van der Waals surface area contributed by atoms with Crippen molar-refractivity contribution in [2.45, 2.75) is 33.1 Å². The summed E-state index contributed by atoms with van der Waals surface area (Å²) in [6.45, 7) is 5.63. The molecular weight excluding hydrogens is 267 g/mol. The third kappa shape index (κ3) is 3.52. The van der Waals surface area contributed by atoms with E-state index in [2.05, 4.69) is 4.98 Å². The minimum atomic E-state index is -4.51. The van der Waals surface area contributed by atoms with Crippen molar-refractivity contribution in [2.24, 2.45) is 5.92 Å². The van der Waals surface area contributed by atoms with Gasteiger partial charge in [-0.05, 0) is 12.8 Å². The van der Waals surface area contributed by atoms with E-state index in [9.17, 15) is 18.0 Å². The van der Waals surface area contributed by atoms with Gasteiger partial charge in [0.15, 0.2) is 5.01 Å². The molecule has 1 aromatic heterocycles. The van der Waals surface area contributed by atoms with Gasteiger partial charge in [-0.3, -0.25) is 4.79 Å². The van der Waals surface area contributed by atoms with Gasteiger partial charge in [0.25, 0.3) is 0 Å². The molecule has 102 valence electrons. The Labute approximate surface area is 107 Å². The van der Waals surface area contributed by atoms with Gasteiger partial charge in [-0.2, -0.15) is 13.2 Å². The van der Waals surface area contributed by atoms with Crippen molar-refractivity contribution < 1.29 is 22.7 Å². The maximum atomic E-state index is 12.4. The van der Waals surface area contributed by atoms with Gasteiger partial charge in [0, 0.05) is 12.8 Å². The van der Waals surface area contributed by atoms with Crippen LogP contribution in [0.3, 0.4) is 0 Å². The van der Waals surface area contributed by atoms with Gasteiger partial charge < -0.3 is 4.74 Å². The van der Waals surface area contributed by atoms with E-state index in [1.54, 1.807) is 20.8 Å². The summed E-state index contributed by atoms with van der Waals surface area (Å²) < 4.78 is 42.4. The molecule has 0 aliphatic rings. The van der Waals surface area contributed by atoms with Crippen molar-refractivity contribution in [3.63, 3.8) is 0 Å². The van der Waals surface area contributed by atoms with Crippen LogP contribution in [0, 0.1) is 5.92 Å². The summed E-state index contributed by atoms with van der Waals surface area (Å²) in [4.78, 5) is 15.2. The van der Waals surface area contributed by atoms with E-state index >= 15 is 0 Å². The number of carbonyl (C=O) groups is 1. The van der Waals surface area contributed by atoms with Crippen LogP contribution in [0.5, 0.6) is 0 Å². The second-order valence-corrected chi connectivity index (χ2v) is 5.04. The molecule has 0 radical (unpaired) electrons. The number of ether oxygens (including phenoxy) is 1. The molecule has 0 saturated carbocycles. The number of hydrogen-bond acceptors (Lipinski definition) is 4. The molecule has 0 saturated heterocycles. The second-order valence-electron chi connectivity index (χ2n) is 4.01. The molecule has 0 spiro atoms. The SMILES string of the molecule is CCOC(C(=O)c1cnc(C(F)(F)F)s1)C(C)C. The summed E-state index contributed by atoms with van der Waals surface area (Å²) in [7, 11) is 0. The highest BCUT2D eigenvalue weighted by Crippen LogP contribution is 2.33. The Kier molecular flexibility index (Phi) is 4.86. The van der Waals surface area contributed by atoms with Gasteiger partial charge in [0.05, 0.1) is 4.88 Å². The average molecular weight is 281 g/mol. The van der Waals surface area contributed by atoms with Crippen molar-refractivity contribution in [1.29, 1.82) is 0 Å². The fourth-order valence-electron chi connectivity index (χ4n) is 1.41. The van der Waals surface area contributed by atoms with Crippen LogP contribution < -0.4 is 0 Å². The molecule has 1 atom stereocenters. The summed E-state index contributed by atoms with van der Waals surface area (Å²) in [6.07, 6.45) is -4.27. The minimum Gasteiger partial charge on any atom is -0.370 e. The Hall–Kier alpha value is -0.950. The second kappa shape index (κ2) is 5.79. The average Bonchev–Trinajstić information content (AvgIpc) is 2.73. The Morgan fingerprint density at radius 1 is 1.50 bits per heavy atom. The van der Waals surface area contributed by atoms with Crippen LogP contribution in [0.2, 0.25) is 0 Å². The predicted molar refractivity (Wildman–Crippen MR) is 61.7 cm³/mol. The maximum Gasteiger partial charge on any atom is 0.443 e. The smallest absolute Gasteiger partial charge is 0.370 e. The highest BCUT2D eigenvalue weighted by molar-refractivity contribution is 7.13. The highest BCUT2D eigenvalue weighted by Gasteiger charge is 2.36. The van der Waals surface area contributed by atoms with Gasteiger partial charge in [0.2, 0.25) is 5.78 Å². The first-order chi connectivity index (χ1) is 8.27. The number of hydrogen-bond donors (Lipinski definition) is 0. The molecule has 0 aliphatic carbocycles. The Balaban J connectivity index is 2.92. The number of rotatable bonds is 5. The molecule has 1 rings (SSSR count). The Morgan fingerprint density at radius 3 is 2.50 bits per heavy atom. The topological polar surface area (TPSA) is 39.2 Å². The van der Waals surface area contributed by atoms with Gasteiger partial charge >= 0.3 is 6.18 Å². The number of aromatic nitrogens is 1. The van der Waals surface area contributed by atoms with Gasteiger partial charge in [0.1, 0.15) is 6.10 Å². The summed E-state index contributed by atoms with van der Waals surface area (Å²) in [5, 5.41) is -1.01. The third-order valence-electron chi connectivity index (χ3n) is 2.20. The quantitative estimate of drug-likeness (QED) is 0.776. The van der Waals surface area contributed by atoms with Crippen LogP contribution in [-0.2, 0) is 10.9 Å². The normalized spacial score (nSPS) is 13.9. The first-order valence-corrected chi connectivity index (χ1v) is 6.27. The summed E-state index contributed by atoms with van der Waals surface area (Å²) in [5.74, 6) is -0.547. The Bertz CT molecular complexity index is 415. The van der Waals surface area contributed by atoms with Crippen molar-refractivity contribution >= 4 is 17.1 Å². The molecule has 1 unspecified atom stereocenters. The summed E-state index contributed by atoms with van der Waals surface area (Å²) in [5.41, 5.74) is 0. The van der Waals surface area contributed by atoms with Crippen LogP contribution in [0.25, 0.3) is 0 Å². The fraction of sp³-hybridized carbons (Fsp3) is 0.636. The van der Waals surface area contributed by atoms with E-state index in [0.29, 0.717) is 17.9 Å². The van der Waals surface area contributed by atoms with Crippen LogP contribution in [0.1, 0.15) is 35.5 Å². The van der Waals surface area contributed by atoms with Crippen molar-refractivity contribution in [2.75, 3.05) is 6.61 Å². The van der Waals surface area contributed by atoms with Gasteiger partial charge in [-0.25, -0.2) is 4.98 Å². The zero-order chi connectivity index (χ0) is 13.9.